The first-order valence-corrected chi connectivity index (χ1v) is 27.3. The average molecular weight is 1020 g/mol. The van der Waals surface area contributed by atoms with Gasteiger partial charge in [0.1, 0.15) is 0 Å². The second kappa shape index (κ2) is 19.7. The van der Waals surface area contributed by atoms with Crippen molar-refractivity contribution >= 4 is 43.6 Å². The molecule has 0 fully saturated rings. The van der Waals surface area contributed by atoms with Gasteiger partial charge < -0.3 is 9.13 Å². The number of hydrogen-bond acceptors (Lipinski definition) is 2. The van der Waals surface area contributed by atoms with E-state index in [9.17, 15) is 0 Å². The van der Waals surface area contributed by atoms with Crippen LogP contribution in [0.5, 0.6) is 0 Å². The van der Waals surface area contributed by atoms with E-state index in [4.69, 9.17) is 9.97 Å². The Bertz CT molecular complexity index is 4530. The maximum absolute atomic E-state index is 5.37. The van der Waals surface area contributed by atoms with Gasteiger partial charge in [-0.2, -0.15) is 0 Å². The zero-order valence-electron chi connectivity index (χ0n) is 43.7. The molecule has 0 bridgehead atoms. The number of nitrogens with zero attached hydrogens (tertiary/aromatic N) is 4. The highest BCUT2D eigenvalue weighted by Gasteiger charge is 2.22. The molecule has 12 aromatic carbocycles. The highest BCUT2D eigenvalue weighted by molar-refractivity contribution is 6.13. The van der Waals surface area contributed by atoms with Crippen LogP contribution < -0.4 is 0 Å². The van der Waals surface area contributed by atoms with Crippen LogP contribution in [-0.4, -0.2) is 19.1 Å². The minimum atomic E-state index is 0.678. The molecular weight excluding hydrogens is 969 g/mol. The van der Waals surface area contributed by atoms with E-state index < -0.39 is 0 Å². The molecule has 3 heterocycles. The Labute approximate surface area is 464 Å². The minimum absolute atomic E-state index is 0.678. The van der Waals surface area contributed by atoms with Gasteiger partial charge in [0.2, 0.25) is 0 Å². The van der Waals surface area contributed by atoms with Crippen LogP contribution in [0, 0.1) is 0 Å². The summed E-state index contributed by atoms with van der Waals surface area (Å²) in [6, 6.07) is 109. The normalized spacial score (nSPS) is 11.5. The quantitative estimate of drug-likeness (QED) is 0.137. The van der Waals surface area contributed by atoms with Crippen LogP contribution in [0.4, 0.5) is 0 Å². The monoisotopic (exact) mass is 1020 g/mol. The first kappa shape index (κ1) is 46.6. The molecule has 0 radical (unpaired) electrons. The Balaban J connectivity index is 0.981. The Kier molecular flexibility index (Phi) is 11.5. The maximum atomic E-state index is 5.37. The fraction of sp³-hybridized carbons (Fsp3) is 0. The lowest BCUT2D eigenvalue weighted by molar-refractivity contribution is 1.16. The molecule has 0 saturated carbocycles. The SMILES string of the molecule is c1ccc(-c2ccc3c(c2)c2cc(-c4ccccc4)ccc2n3-c2cccc(-c3cc(-c4cc(-c5ccccc5)nc(-c5ccccc5)n4)ccc3-n3c4ccc(-c5ccccc5)cc4c4cc(-c5ccccc5)ccc43)c2)cc1. The van der Waals surface area contributed by atoms with Crippen molar-refractivity contribution in [2.75, 3.05) is 0 Å². The molecular formula is C76H50N4. The molecule has 4 heteroatoms. The van der Waals surface area contributed by atoms with E-state index in [2.05, 4.69) is 288 Å². The summed E-state index contributed by atoms with van der Waals surface area (Å²) in [5, 5.41) is 4.78. The summed E-state index contributed by atoms with van der Waals surface area (Å²) in [6.45, 7) is 0. The molecule has 0 N–H and O–H groups in total. The Morgan fingerprint density at radius 1 is 0.212 bits per heavy atom. The van der Waals surface area contributed by atoms with Gasteiger partial charge in [-0.25, -0.2) is 9.97 Å². The van der Waals surface area contributed by atoms with E-state index in [-0.39, 0.29) is 0 Å². The van der Waals surface area contributed by atoms with Gasteiger partial charge in [-0.1, -0.05) is 224 Å². The van der Waals surface area contributed by atoms with E-state index in [0.717, 1.165) is 72.6 Å². The maximum Gasteiger partial charge on any atom is 0.160 e. The molecule has 0 aliphatic carbocycles. The van der Waals surface area contributed by atoms with E-state index in [0.29, 0.717) is 5.82 Å². The largest absolute Gasteiger partial charge is 0.309 e. The molecule has 80 heavy (non-hydrogen) atoms. The van der Waals surface area contributed by atoms with E-state index in [1.54, 1.807) is 0 Å². The fourth-order valence-electron chi connectivity index (χ4n) is 11.8. The molecule has 0 spiro atoms. The Morgan fingerprint density at radius 2 is 0.562 bits per heavy atom. The van der Waals surface area contributed by atoms with Crippen LogP contribution in [0.3, 0.4) is 0 Å². The lowest BCUT2D eigenvalue weighted by atomic mass is 9.97. The zero-order chi connectivity index (χ0) is 52.9. The van der Waals surface area contributed by atoms with E-state index >= 15 is 0 Å². The van der Waals surface area contributed by atoms with Crippen LogP contribution in [0.1, 0.15) is 0 Å². The van der Waals surface area contributed by atoms with Crippen molar-refractivity contribution in [2.24, 2.45) is 0 Å². The molecule has 3 aromatic heterocycles. The summed E-state index contributed by atoms with van der Waals surface area (Å²) in [7, 11) is 0. The highest BCUT2D eigenvalue weighted by atomic mass is 15.0. The number of aromatic nitrogens is 4. The van der Waals surface area contributed by atoms with Crippen LogP contribution in [0.2, 0.25) is 0 Å². The van der Waals surface area contributed by atoms with Gasteiger partial charge in [0, 0.05) is 49.5 Å². The predicted molar refractivity (Wildman–Crippen MR) is 334 cm³/mol. The van der Waals surface area contributed by atoms with Crippen LogP contribution >= 0.6 is 0 Å². The van der Waals surface area contributed by atoms with Crippen LogP contribution in [0.25, 0.3) is 145 Å². The van der Waals surface area contributed by atoms with Gasteiger partial charge >= 0.3 is 0 Å². The first-order valence-electron chi connectivity index (χ1n) is 27.3. The average Bonchev–Trinajstić information content (AvgIpc) is 4.05. The summed E-state index contributed by atoms with van der Waals surface area (Å²) in [5.41, 5.74) is 23.0. The number of hydrogen-bond donors (Lipinski definition) is 0. The third-order valence-corrected chi connectivity index (χ3v) is 15.7. The number of fused-ring (bicyclic) bond motifs is 6. The van der Waals surface area contributed by atoms with Gasteiger partial charge in [0.25, 0.3) is 0 Å². The van der Waals surface area contributed by atoms with Gasteiger partial charge in [0.15, 0.2) is 5.82 Å². The summed E-state index contributed by atoms with van der Waals surface area (Å²) < 4.78 is 4.92. The molecule has 4 nitrogen and oxygen atoms in total. The summed E-state index contributed by atoms with van der Waals surface area (Å²) in [4.78, 5) is 10.5. The first-order chi connectivity index (χ1) is 39.6. The molecule has 0 unspecified atom stereocenters. The van der Waals surface area contributed by atoms with Crippen molar-refractivity contribution in [3.63, 3.8) is 0 Å². The fourth-order valence-corrected chi connectivity index (χ4v) is 11.8. The van der Waals surface area contributed by atoms with Crippen molar-refractivity contribution in [3.8, 4) is 101 Å². The topological polar surface area (TPSA) is 35.6 Å². The molecule has 0 saturated heterocycles. The standard InChI is InChI=1S/C76H50N4/c1-7-20-51(21-8-1)57-34-39-72-65(45-57)66-46-58(52-22-9-2-10-23-52)35-40-73(66)79(72)63-33-19-32-61(44-63)64-49-62(70-50-69(55-28-15-5-16-29-55)77-76(78-70)56-30-17-6-18-31-56)38-43-71(64)80-74-41-36-59(53-24-11-3-12-25-53)47-67(74)68-48-60(37-42-75(68)80)54-26-13-4-14-27-54/h1-50H. The molecule has 15 aromatic rings. The van der Waals surface area contributed by atoms with E-state index in [1.165, 1.54) is 66.1 Å². The second-order valence-electron chi connectivity index (χ2n) is 20.5. The van der Waals surface area contributed by atoms with Gasteiger partial charge in [-0.05, 0) is 129 Å². The van der Waals surface area contributed by atoms with Gasteiger partial charge in [-0.3, -0.25) is 0 Å². The van der Waals surface area contributed by atoms with Crippen molar-refractivity contribution < 1.29 is 0 Å². The molecule has 374 valence electrons. The summed E-state index contributed by atoms with van der Waals surface area (Å²) >= 11 is 0. The molecule has 0 atom stereocenters. The van der Waals surface area contributed by atoms with Crippen molar-refractivity contribution in [1.29, 1.82) is 0 Å². The summed E-state index contributed by atoms with van der Waals surface area (Å²) in [6.07, 6.45) is 0. The second-order valence-corrected chi connectivity index (χ2v) is 20.5. The third-order valence-electron chi connectivity index (χ3n) is 15.7. The van der Waals surface area contributed by atoms with Crippen molar-refractivity contribution in [1.82, 2.24) is 19.1 Å². The number of rotatable bonds is 10. The molecule has 0 aliphatic heterocycles. The van der Waals surface area contributed by atoms with Crippen molar-refractivity contribution in [2.45, 2.75) is 0 Å². The minimum Gasteiger partial charge on any atom is -0.309 e. The molecule has 0 aliphatic rings. The van der Waals surface area contributed by atoms with Gasteiger partial charge in [0.05, 0.1) is 39.1 Å². The summed E-state index contributed by atoms with van der Waals surface area (Å²) in [5.74, 6) is 0.678. The lowest BCUT2D eigenvalue weighted by Crippen LogP contribution is -2.00. The smallest absolute Gasteiger partial charge is 0.160 e. The van der Waals surface area contributed by atoms with E-state index in [1.807, 2.05) is 24.3 Å². The molecule has 15 rings (SSSR count). The third kappa shape index (κ3) is 8.35. The zero-order valence-corrected chi connectivity index (χ0v) is 43.7. The van der Waals surface area contributed by atoms with Crippen molar-refractivity contribution in [3.05, 3.63) is 303 Å². The molecule has 0 amide bonds. The number of benzene rings is 12. The lowest BCUT2D eigenvalue weighted by Gasteiger charge is -2.18. The van der Waals surface area contributed by atoms with Crippen LogP contribution in [-0.2, 0) is 0 Å². The highest BCUT2D eigenvalue weighted by Crippen LogP contribution is 2.43. The Morgan fingerprint density at radius 3 is 0.988 bits per heavy atom. The van der Waals surface area contributed by atoms with Gasteiger partial charge in [-0.15, -0.1) is 0 Å². The predicted octanol–water partition coefficient (Wildman–Crippen LogP) is 20.0. The van der Waals surface area contributed by atoms with Crippen LogP contribution in [0.15, 0.2) is 303 Å². The Hall–Kier alpha value is -10.7.